The second-order valence-corrected chi connectivity index (χ2v) is 5.32. The normalized spacial score (nSPS) is 11.7. The number of aromatic amines is 1. The third kappa shape index (κ3) is 3.36. The molecule has 0 aliphatic rings. The molecule has 8 heteroatoms. The summed E-state index contributed by atoms with van der Waals surface area (Å²) < 4.78 is 18.3. The first-order valence-corrected chi connectivity index (χ1v) is 7.23. The number of H-pyrrole nitrogens is 1. The molecule has 0 saturated carbocycles. The Labute approximate surface area is 140 Å². The molecule has 6 nitrogen and oxygen atoms in total. The van der Waals surface area contributed by atoms with E-state index >= 15 is 0 Å². The van der Waals surface area contributed by atoms with E-state index in [0.29, 0.717) is 5.76 Å². The first kappa shape index (κ1) is 15.9. The van der Waals surface area contributed by atoms with E-state index in [1.165, 1.54) is 24.7 Å². The van der Waals surface area contributed by atoms with E-state index in [1.807, 2.05) is 0 Å². The Morgan fingerprint density at radius 2 is 2.12 bits per heavy atom. The summed E-state index contributed by atoms with van der Waals surface area (Å²) in [5.41, 5.74) is 0.965. The number of aromatic nitrogens is 3. The van der Waals surface area contributed by atoms with Crippen LogP contribution in [0, 0.1) is 5.82 Å². The van der Waals surface area contributed by atoms with Crippen molar-refractivity contribution in [3.63, 3.8) is 0 Å². The minimum atomic E-state index is -0.560. The van der Waals surface area contributed by atoms with Crippen LogP contribution in [-0.2, 0) is 6.42 Å². The van der Waals surface area contributed by atoms with E-state index in [4.69, 9.17) is 16.0 Å². The quantitative estimate of drug-likeness (QED) is 0.418. The summed E-state index contributed by atoms with van der Waals surface area (Å²) in [6, 6.07) is 5.83. The van der Waals surface area contributed by atoms with Crippen molar-refractivity contribution in [3.8, 4) is 0 Å². The molecule has 0 amide bonds. The van der Waals surface area contributed by atoms with Gasteiger partial charge in [0.1, 0.15) is 29.9 Å². The van der Waals surface area contributed by atoms with Crippen LogP contribution in [0.4, 0.5) is 4.39 Å². The lowest BCUT2D eigenvalue weighted by molar-refractivity contribution is 0.103. The number of carbonyl (C=O) groups excluding carboxylic acids is 1. The number of aliphatic hydroxyl groups excluding tert-OH is 1. The van der Waals surface area contributed by atoms with Gasteiger partial charge in [-0.2, -0.15) is 5.10 Å². The molecule has 0 spiro atoms. The predicted molar refractivity (Wildman–Crippen MR) is 84.2 cm³/mol. The third-order valence-electron chi connectivity index (χ3n) is 3.27. The highest BCUT2D eigenvalue weighted by molar-refractivity contribution is 6.32. The van der Waals surface area contributed by atoms with Crippen LogP contribution < -0.4 is 0 Å². The monoisotopic (exact) mass is 347 g/mol. The van der Waals surface area contributed by atoms with Crippen molar-refractivity contribution in [1.82, 2.24) is 15.2 Å². The Morgan fingerprint density at radius 3 is 2.79 bits per heavy atom. The number of nitrogens with zero attached hydrogens (tertiary/aromatic N) is 2. The fraction of sp³-hybridized carbons (Fsp3) is 0.0625. The average molecular weight is 348 g/mol. The van der Waals surface area contributed by atoms with Crippen LogP contribution in [0.5, 0.6) is 0 Å². The molecule has 0 bridgehead atoms. The number of allylic oxidation sites excluding steroid dienone is 1. The van der Waals surface area contributed by atoms with Gasteiger partial charge in [0.25, 0.3) is 0 Å². The minimum Gasteiger partial charge on any atom is -0.507 e. The van der Waals surface area contributed by atoms with Gasteiger partial charge in [-0.15, -0.1) is 0 Å². The number of halogens is 2. The van der Waals surface area contributed by atoms with Gasteiger partial charge in [0.2, 0.25) is 5.78 Å². The highest BCUT2D eigenvalue weighted by Gasteiger charge is 2.18. The topological polar surface area (TPSA) is 92.0 Å². The van der Waals surface area contributed by atoms with Crippen molar-refractivity contribution < 1.29 is 18.7 Å². The maximum absolute atomic E-state index is 13.0. The highest BCUT2D eigenvalue weighted by atomic mass is 35.5. The van der Waals surface area contributed by atoms with Crippen LogP contribution in [0.25, 0.3) is 5.76 Å². The zero-order valence-corrected chi connectivity index (χ0v) is 12.9. The summed E-state index contributed by atoms with van der Waals surface area (Å²) in [5, 5.41) is 16.4. The lowest BCUT2D eigenvalue weighted by Gasteiger charge is -2.03. The third-order valence-corrected chi connectivity index (χ3v) is 3.55. The molecule has 0 aliphatic carbocycles. The van der Waals surface area contributed by atoms with Gasteiger partial charge >= 0.3 is 0 Å². The van der Waals surface area contributed by atoms with Crippen molar-refractivity contribution >= 4 is 23.1 Å². The summed E-state index contributed by atoms with van der Waals surface area (Å²) in [7, 11) is 0. The fourth-order valence-electron chi connectivity index (χ4n) is 2.15. The Kier molecular flexibility index (Phi) is 4.43. The van der Waals surface area contributed by atoms with Crippen molar-refractivity contribution in [2.45, 2.75) is 6.42 Å². The maximum Gasteiger partial charge on any atom is 0.226 e. The smallest absolute Gasteiger partial charge is 0.226 e. The molecule has 3 aromatic rings. The van der Waals surface area contributed by atoms with Crippen LogP contribution >= 0.6 is 11.6 Å². The lowest BCUT2D eigenvalue weighted by atomic mass is 10.1. The molecule has 2 aromatic heterocycles. The molecule has 0 atom stereocenters. The van der Waals surface area contributed by atoms with E-state index in [0.717, 1.165) is 11.6 Å². The minimum absolute atomic E-state index is 0.0127. The number of benzene rings is 1. The number of hydrogen-bond donors (Lipinski definition) is 2. The molecule has 1 aromatic carbocycles. The number of furan rings is 1. The van der Waals surface area contributed by atoms with Crippen molar-refractivity contribution in [3.05, 3.63) is 76.5 Å². The Bertz CT molecular complexity index is 886. The van der Waals surface area contributed by atoms with E-state index in [2.05, 4.69) is 15.2 Å². The molecule has 0 radical (unpaired) electrons. The molecule has 0 aliphatic heterocycles. The zero-order chi connectivity index (χ0) is 17.1. The van der Waals surface area contributed by atoms with Crippen LogP contribution in [-0.4, -0.2) is 26.1 Å². The SMILES string of the molecule is O=C(C=C(O)c1c(Cl)coc1Cc1ccc(F)cc1)c1ncn[nH]1. The van der Waals surface area contributed by atoms with E-state index in [1.54, 1.807) is 12.1 Å². The molecular formula is C16H11ClFN3O3. The number of carbonyl (C=O) groups is 1. The zero-order valence-electron chi connectivity index (χ0n) is 12.2. The molecule has 24 heavy (non-hydrogen) atoms. The van der Waals surface area contributed by atoms with Gasteiger partial charge in [-0.25, -0.2) is 9.37 Å². The predicted octanol–water partition coefficient (Wildman–Crippen LogP) is 3.56. The van der Waals surface area contributed by atoms with Crippen LogP contribution in [0.2, 0.25) is 5.02 Å². The molecule has 0 unspecified atom stereocenters. The molecule has 3 rings (SSSR count). The second-order valence-electron chi connectivity index (χ2n) is 4.91. The molecule has 0 saturated heterocycles. The molecule has 2 N–H and O–H groups in total. The van der Waals surface area contributed by atoms with Crippen LogP contribution in [0.15, 0.2) is 47.3 Å². The number of nitrogens with one attached hydrogen (secondary N) is 1. The standard InChI is InChI=1S/C16H11ClFN3O3/c17-11-7-24-14(5-9-1-3-10(18)4-2-9)15(11)12(22)6-13(23)16-19-8-20-21-16/h1-4,6-8,22H,5H2,(H,19,20,21). The summed E-state index contributed by atoms with van der Waals surface area (Å²) in [6.07, 6.45) is 3.70. The van der Waals surface area contributed by atoms with Gasteiger partial charge < -0.3 is 9.52 Å². The van der Waals surface area contributed by atoms with Gasteiger partial charge in [-0.3, -0.25) is 9.89 Å². The average Bonchev–Trinajstić information content (AvgIpc) is 3.20. The first-order chi connectivity index (χ1) is 11.5. The number of ketones is 1. The van der Waals surface area contributed by atoms with E-state index in [-0.39, 0.29) is 34.4 Å². The van der Waals surface area contributed by atoms with Crippen LogP contribution in [0.1, 0.15) is 27.5 Å². The molecular weight excluding hydrogens is 337 g/mol. The Balaban J connectivity index is 1.89. The lowest BCUT2D eigenvalue weighted by Crippen LogP contribution is -2.00. The van der Waals surface area contributed by atoms with Gasteiger partial charge in [0.15, 0.2) is 5.82 Å². The van der Waals surface area contributed by atoms with Gasteiger partial charge in [0, 0.05) is 12.5 Å². The van der Waals surface area contributed by atoms with Crippen LogP contribution in [0.3, 0.4) is 0 Å². The molecule has 122 valence electrons. The number of hydrogen-bond acceptors (Lipinski definition) is 5. The molecule has 2 heterocycles. The van der Waals surface area contributed by atoms with Gasteiger partial charge in [0.05, 0.1) is 10.6 Å². The first-order valence-electron chi connectivity index (χ1n) is 6.85. The fourth-order valence-corrected chi connectivity index (χ4v) is 2.39. The number of aliphatic hydroxyl groups is 1. The van der Waals surface area contributed by atoms with Gasteiger partial charge in [-0.05, 0) is 17.7 Å². The van der Waals surface area contributed by atoms with E-state index in [9.17, 15) is 14.3 Å². The van der Waals surface area contributed by atoms with E-state index < -0.39 is 5.78 Å². The second kappa shape index (κ2) is 6.67. The highest BCUT2D eigenvalue weighted by Crippen LogP contribution is 2.30. The molecule has 0 fully saturated rings. The summed E-state index contributed by atoms with van der Waals surface area (Å²) in [5.74, 6) is -0.925. The maximum atomic E-state index is 13.0. The summed E-state index contributed by atoms with van der Waals surface area (Å²) in [6.45, 7) is 0. The number of rotatable bonds is 5. The van der Waals surface area contributed by atoms with Crippen molar-refractivity contribution in [1.29, 1.82) is 0 Å². The Hall–Kier alpha value is -2.93. The van der Waals surface area contributed by atoms with Crippen molar-refractivity contribution in [2.75, 3.05) is 0 Å². The largest absolute Gasteiger partial charge is 0.507 e. The van der Waals surface area contributed by atoms with Crippen molar-refractivity contribution in [2.24, 2.45) is 0 Å². The summed E-state index contributed by atoms with van der Waals surface area (Å²) >= 11 is 6.04. The summed E-state index contributed by atoms with van der Waals surface area (Å²) in [4.78, 5) is 15.7. The Morgan fingerprint density at radius 1 is 1.38 bits per heavy atom. The van der Waals surface area contributed by atoms with Gasteiger partial charge in [-0.1, -0.05) is 23.7 Å².